The van der Waals surface area contributed by atoms with Crippen LogP contribution in [0.1, 0.15) is 93.1 Å². The predicted octanol–water partition coefficient (Wildman–Crippen LogP) is 5.09. The van der Waals surface area contributed by atoms with Gasteiger partial charge in [0, 0.05) is 11.8 Å². The van der Waals surface area contributed by atoms with Crippen molar-refractivity contribution in [2.24, 2.45) is 28.9 Å². The Morgan fingerprint density at radius 3 is 1.84 bits per heavy atom. The molecule has 1 aromatic rings. The first kappa shape index (κ1) is 33.1. The molecule has 1 rings (SSSR count). The fourth-order valence-electron chi connectivity index (χ4n) is 3.72. The topological polar surface area (TPSA) is 142 Å². The number of carboxylic acids is 1. The minimum absolute atomic E-state index is 0.00313. The zero-order valence-corrected chi connectivity index (χ0v) is 24.2. The number of rotatable bonds is 13. The molecule has 0 amide bonds. The maximum Gasteiger partial charge on any atom is 0.321 e. The Labute approximate surface area is 226 Å². The number of carboxylic acid groups (broad SMARTS) is 1. The van der Waals surface area contributed by atoms with Gasteiger partial charge in [-0.25, -0.2) is 0 Å². The molecule has 0 aromatic heterocycles. The number of ether oxygens (including phenoxy) is 3. The second kappa shape index (κ2) is 14.3. The van der Waals surface area contributed by atoms with Crippen LogP contribution in [-0.2, 0) is 23.9 Å². The summed E-state index contributed by atoms with van der Waals surface area (Å²) in [6.45, 7) is 16.4. The molecule has 0 heterocycles. The van der Waals surface area contributed by atoms with Gasteiger partial charge in [-0.2, -0.15) is 0 Å². The van der Waals surface area contributed by atoms with Gasteiger partial charge in [0.15, 0.2) is 11.5 Å². The number of nitrogens with two attached hydrogens (primary N) is 1. The Kier molecular flexibility index (Phi) is 12.4. The molecule has 9 heteroatoms. The molecule has 0 aliphatic rings. The number of hydrogen-bond donors (Lipinski definition) is 2. The normalized spacial score (nSPS) is 16.4. The predicted molar refractivity (Wildman–Crippen MR) is 144 cm³/mol. The van der Waals surface area contributed by atoms with Gasteiger partial charge in [-0.1, -0.05) is 61.5 Å². The average Bonchev–Trinajstić information content (AvgIpc) is 2.82. The van der Waals surface area contributed by atoms with Crippen LogP contribution >= 0.6 is 0 Å². The van der Waals surface area contributed by atoms with Gasteiger partial charge in [-0.15, -0.1) is 0 Å². The fourth-order valence-corrected chi connectivity index (χ4v) is 3.72. The van der Waals surface area contributed by atoms with Gasteiger partial charge in [0.05, 0.1) is 18.3 Å². The van der Waals surface area contributed by atoms with Crippen LogP contribution in [0.3, 0.4) is 0 Å². The molecule has 214 valence electrons. The van der Waals surface area contributed by atoms with Gasteiger partial charge in [-0.05, 0) is 42.9 Å². The van der Waals surface area contributed by atoms with Crippen LogP contribution in [0.2, 0.25) is 0 Å². The lowest BCUT2D eigenvalue weighted by molar-refractivity contribution is -0.153. The average molecular weight is 536 g/mol. The number of benzene rings is 1. The summed E-state index contributed by atoms with van der Waals surface area (Å²) in [5, 5.41) is 9.77. The molecule has 0 spiro atoms. The molecule has 0 bridgehead atoms. The number of carbonyl (C=O) groups is 4. The SMILES string of the molecule is CCC(C)C(=O)Oc1ccc(C(C(C)C(C)OC(=O)CC(C)(C)C)[C@H](N)C(=O)O)cc1OC(=O)C(C)CC. The minimum Gasteiger partial charge on any atom is -0.480 e. The van der Waals surface area contributed by atoms with Crippen LogP contribution in [-0.4, -0.2) is 41.1 Å². The summed E-state index contributed by atoms with van der Waals surface area (Å²) >= 11 is 0. The zero-order valence-electron chi connectivity index (χ0n) is 24.2. The first-order chi connectivity index (χ1) is 17.5. The lowest BCUT2D eigenvalue weighted by Crippen LogP contribution is -2.42. The smallest absolute Gasteiger partial charge is 0.321 e. The second-order valence-electron chi connectivity index (χ2n) is 11.3. The summed E-state index contributed by atoms with van der Waals surface area (Å²) in [7, 11) is 0. The van der Waals surface area contributed by atoms with Gasteiger partial charge < -0.3 is 25.1 Å². The lowest BCUT2D eigenvalue weighted by atomic mass is 9.79. The summed E-state index contributed by atoms with van der Waals surface area (Å²) in [5.41, 5.74) is 6.30. The van der Waals surface area contributed by atoms with E-state index in [1.165, 1.54) is 12.1 Å². The van der Waals surface area contributed by atoms with Crippen molar-refractivity contribution in [2.45, 2.75) is 99.6 Å². The Morgan fingerprint density at radius 2 is 1.39 bits per heavy atom. The van der Waals surface area contributed by atoms with Crippen LogP contribution in [0.4, 0.5) is 0 Å². The van der Waals surface area contributed by atoms with Crippen LogP contribution in [0.5, 0.6) is 11.5 Å². The van der Waals surface area contributed by atoms with Crippen LogP contribution in [0.25, 0.3) is 0 Å². The monoisotopic (exact) mass is 535 g/mol. The van der Waals surface area contributed by atoms with E-state index in [2.05, 4.69) is 0 Å². The highest BCUT2D eigenvalue weighted by molar-refractivity contribution is 5.79. The van der Waals surface area contributed by atoms with Crippen molar-refractivity contribution >= 4 is 23.9 Å². The highest BCUT2D eigenvalue weighted by Crippen LogP contribution is 2.38. The molecule has 0 radical (unpaired) electrons. The molecule has 0 aliphatic heterocycles. The number of aliphatic carboxylic acids is 1. The standard InChI is InChI=1S/C29H45NO8/c1-10-16(3)27(34)37-21-13-12-20(14-22(21)38-28(35)17(4)11-2)24(25(30)26(32)33)18(5)19(6)36-23(31)15-29(7,8)9/h12-14,16-19,24-25H,10-11,15,30H2,1-9H3,(H,32,33)/t16?,17?,18?,19?,24?,25-/m0/s1. The highest BCUT2D eigenvalue weighted by Gasteiger charge is 2.36. The third-order valence-electron chi connectivity index (χ3n) is 6.77. The minimum atomic E-state index is -1.35. The first-order valence-electron chi connectivity index (χ1n) is 13.3. The van der Waals surface area contributed by atoms with Crippen molar-refractivity contribution in [1.29, 1.82) is 0 Å². The third kappa shape index (κ3) is 9.74. The molecule has 0 saturated heterocycles. The zero-order chi connectivity index (χ0) is 29.4. The van der Waals surface area contributed by atoms with Crippen LogP contribution < -0.4 is 15.2 Å². The van der Waals surface area contributed by atoms with Gasteiger partial charge in [0.2, 0.25) is 0 Å². The van der Waals surface area contributed by atoms with Crippen molar-refractivity contribution in [1.82, 2.24) is 0 Å². The van der Waals surface area contributed by atoms with Crippen molar-refractivity contribution in [3.05, 3.63) is 23.8 Å². The quantitative estimate of drug-likeness (QED) is 0.261. The van der Waals surface area contributed by atoms with Gasteiger partial charge in [-0.3, -0.25) is 19.2 Å². The summed E-state index contributed by atoms with van der Waals surface area (Å²) in [5.74, 6) is -4.68. The molecule has 5 unspecified atom stereocenters. The number of hydrogen-bond acceptors (Lipinski definition) is 8. The van der Waals surface area contributed by atoms with Gasteiger partial charge in [0.25, 0.3) is 0 Å². The molecule has 1 aromatic carbocycles. The molecule has 3 N–H and O–H groups in total. The van der Waals surface area contributed by atoms with E-state index < -0.39 is 53.8 Å². The maximum atomic E-state index is 12.6. The van der Waals surface area contributed by atoms with Crippen LogP contribution in [0.15, 0.2) is 18.2 Å². The van der Waals surface area contributed by atoms with E-state index in [4.69, 9.17) is 19.9 Å². The number of esters is 3. The van der Waals surface area contributed by atoms with E-state index >= 15 is 0 Å². The summed E-state index contributed by atoms with van der Waals surface area (Å²) in [6.07, 6.45) is 0.652. The van der Waals surface area contributed by atoms with E-state index in [0.29, 0.717) is 18.4 Å². The van der Waals surface area contributed by atoms with Gasteiger partial charge in [0.1, 0.15) is 12.1 Å². The van der Waals surface area contributed by atoms with Crippen molar-refractivity contribution in [3.8, 4) is 11.5 Å². The van der Waals surface area contributed by atoms with E-state index in [9.17, 15) is 24.3 Å². The summed E-state index contributed by atoms with van der Waals surface area (Å²) in [6, 6.07) is 3.19. The lowest BCUT2D eigenvalue weighted by Gasteiger charge is -2.32. The molecular formula is C29H45NO8. The third-order valence-corrected chi connectivity index (χ3v) is 6.77. The van der Waals surface area contributed by atoms with Gasteiger partial charge >= 0.3 is 23.9 Å². The Hall–Kier alpha value is -2.94. The molecule has 0 fully saturated rings. The molecule has 9 nitrogen and oxygen atoms in total. The Bertz CT molecular complexity index is 983. The highest BCUT2D eigenvalue weighted by atomic mass is 16.6. The van der Waals surface area contributed by atoms with E-state index in [1.807, 2.05) is 34.6 Å². The van der Waals surface area contributed by atoms with E-state index in [0.717, 1.165) is 0 Å². The van der Waals surface area contributed by atoms with E-state index in [-0.39, 0.29) is 29.3 Å². The molecule has 0 saturated carbocycles. The van der Waals surface area contributed by atoms with Crippen LogP contribution in [0, 0.1) is 23.2 Å². The summed E-state index contributed by atoms with van der Waals surface area (Å²) in [4.78, 5) is 49.5. The van der Waals surface area contributed by atoms with Crippen molar-refractivity contribution in [3.63, 3.8) is 0 Å². The Balaban J connectivity index is 3.48. The van der Waals surface area contributed by atoms with E-state index in [1.54, 1.807) is 33.8 Å². The molecule has 0 aliphatic carbocycles. The second-order valence-corrected chi connectivity index (χ2v) is 11.3. The largest absolute Gasteiger partial charge is 0.480 e. The molecular weight excluding hydrogens is 490 g/mol. The van der Waals surface area contributed by atoms with Crippen molar-refractivity contribution in [2.75, 3.05) is 0 Å². The maximum absolute atomic E-state index is 12.6. The fraction of sp³-hybridized carbons (Fsp3) is 0.655. The Morgan fingerprint density at radius 1 is 0.895 bits per heavy atom. The number of carbonyl (C=O) groups excluding carboxylic acids is 3. The first-order valence-corrected chi connectivity index (χ1v) is 13.3. The molecule has 6 atom stereocenters. The molecule has 38 heavy (non-hydrogen) atoms. The summed E-state index contributed by atoms with van der Waals surface area (Å²) < 4.78 is 16.8. The van der Waals surface area contributed by atoms with Crippen molar-refractivity contribution < 1.29 is 38.5 Å².